The Labute approximate surface area is 682 Å². The van der Waals surface area contributed by atoms with Gasteiger partial charge in [-0.25, -0.2) is 9.97 Å². The highest BCUT2D eigenvalue weighted by Gasteiger charge is 2.35. The molecule has 0 saturated heterocycles. The summed E-state index contributed by atoms with van der Waals surface area (Å²) in [5, 5.41) is 14.3. The number of rotatable bonds is 67. The topological polar surface area (TPSA) is 777 Å². The Kier molecular flexibility index (Phi) is 51.7. The molecule has 0 spiro atoms. The zero-order chi connectivity index (χ0) is 86.2. The molecule has 0 fully saturated rings. The minimum Gasteiger partial charge on any atom is -0.370 e. The Bertz CT molecular complexity index is 3580. The molecule has 2 aromatic heterocycles. The average Bonchev–Trinajstić information content (AvgIpc) is 1.50. The summed E-state index contributed by atoms with van der Waals surface area (Å²) in [5.41, 5.74) is 90.7. The summed E-state index contributed by atoms with van der Waals surface area (Å²) >= 11 is 1.33. The number of nitrogens with zero attached hydrogens (tertiary/aromatic N) is 9. The quantitative estimate of drug-likeness (QED) is 0.0185. The highest BCUT2D eigenvalue weighted by molar-refractivity contribution is 7.17. The van der Waals surface area contributed by atoms with E-state index in [0.29, 0.717) is 82.2 Å². The maximum atomic E-state index is 14.9. The SMILES string of the molecule is NCCCC[C@@H](CC(=O)[C@@H](CCCN=C(N)N)NC(=O)[C@@H](CCCN=C(N)N)CC(=O)[C@@H](CCCN=C(N)N)NC(=O)[C@@H](CCCN=C(N)N)CC(=O)[C@@H](CCCN=C(N)N)NC(=O)[C@@H](CCCN=C(N)N)CC(=O)CCCCCNC(=O)[C@@H](CCCN=C(N)N)CC(=O)CCCCCNC(=O)c1ccc(-c2ccncn2)s1)C(N)=O. The van der Waals surface area contributed by atoms with Gasteiger partial charge in [-0.05, 0) is 153 Å². The van der Waals surface area contributed by atoms with Crippen molar-refractivity contribution in [2.24, 2.45) is 156 Å². The molecular weight excluding hydrogens is 1520 g/mol. The smallest absolute Gasteiger partial charge is 0.261 e. The molecule has 0 aromatic carbocycles. The van der Waals surface area contributed by atoms with Crippen molar-refractivity contribution >= 4 is 117 Å². The van der Waals surface area contributed by atoms with Crippen molar-refractivity contribution in [2.75, 3.05) is 65.4 Å². The second kappa shape index (κ2) is 59.5. The van der Waals surface area contributed by atoms with E-state index in [4.69, 9.17) is 91.7 Å². The van der Waals surface area contributed by atoms with Gasteiger partial charge in [0.1, 0.15) is 17.9 Å². The number of guanidine groups is 7. The molecule has 648 valence electrons. The highest BCUT2D eigenvalue weighted by atomic mass is 32.1. The van der Waals surface area contributed by atoms with Crippen molar-refractivity contribution in [2.45, 2.75) is 211 Å². The van der Waals surface area contributed by atoms with E-state index in [1.54, 1.807) is 18.3 Å². The molecule has 0 aliphatic heterocycles. The van der Waals surface area contributed by atoms with E-state index < -0.39 is 102 Å². The van der Waals surface area contributed by atoms with Gasteiger partial charge in [0.05, 0.1) is 33.6 Å². The van der Waals surface area contributed by atoms with E-state index in [1.165, 1.54) is 17.7 Å². The fourth-order valence-electron chi connectivity index (χ4n) is 12.5. The molecule has 0 aliphatic rings. The van der Waals surface area contributed by atoms with E-state index in [-0.39, 0.29) is 233 Å². The number of hydrogen-bond donors (Lipinski definition) is 21. The van der Waals surface area contributed by atoms with Gasteiger partial charge < -0.3 is 118 Å². The van der Waals surface area contributed by atoms with E-state index in [9.17, 15) is 52.7 Å². The number of primary amides is 1. The summed E-state index contributed by atoms with van der Waals surface area (Å²) in [4.78, 5) is 192. The molecule has 6 amide bonds. The van der Waals surface area contributed by atoms with Crippen LogP contribution in [0.25, 0.3) is 10.6 Å². The first-order chi connectivity index (χ1) is 55.3. The molecule has 2 aromatic rings. The highest BCUT2D eigenvalue weighted by Crippen LogP contribution is 2.27. The van der Waals surface area contributed by atoms with Crippen LogP contribution in [-0.2, 0) is 47.9 Å². The van der Waals surface area contributed by atoms with Crippen LogP contribution in [-0.4, -0.2) is 200 Å². The number of carbonyl (C=O) groups is 11. The lowest BCUT2D eigenvalue weighted by Gasteiger charge is -2.26. The summed E-state index contributed by atoms with van der Waals surface area (Å²) in [7, 11) is 0. The molecule has 8 atom stereocenters. The first-order valence-corrected chi connectivity index (χ1v) is 40.4. The zero-order valence-corrected chi connectivity index (χ0v) is 67.8. The zero-order valence-electron chi connectivity index (χ0n) is 67.0. The summed E-state index contributed by atoms with van der Waals surface area (Å²) in [6, 6.07) is 1.52. The number of nitrogens with one attached hydrogen (secondary N) is 5. The summed E-state index contributed by atoms with van der Waals surface area (Å²) in [6.07, 6.45) is 8.25. The van der Waals surface area contributed by atoms with Crippen LogP contribution in [0.2, 0.25) is 0 Å². The maximum Gasteiger partial charge on any atom is 0.261 e. The van der Waals surface area contributed by atoms with Gasteiger partial charge in [0.15, 0.2) is 59.1 Å². The molecule has 42 heteroatoms. The molecule has 0 unspecified atom stereocenters. The van der Waals surface area contributed by atoms with Crippen LogP contribution in [0.1, 0.15) is 202 Å². The molecule has 0 aliphatic carbocycles. The summed E-state index contributed by atoms with van der Waals surface area (Å²) < 4.78 is 0. The number of unbranched alkanes of at least 4 members (excludes halogenated alkanes) is 5. The molecule has 116 heavy (non-hydrogen) atoms. The second-order valence-corrected chi connectivity index (χ2v) is 29.5. The third-order valence-electron chi connectivity index (χ3n) is 18.7. The monoisotopic (exact) mass is 1650 g/mol. The molecule has 41 nitrogen and oxygen atoms in total. The Morgan fingerprint density at radius 3 is 1.03 bits per heavy atom. The maximum absolute atomic E-state index is 14.9. The largest absolute Gasteiger partial charge is 0.370 e. The number of aromatic nitrogens is 2. The average molecular weight is 1650 g/mol. The van der Waals surface area contributed by atoms with Gasteiger partial charge in [0, 0.05) is 140 Å². The lowest BCUT2D eigenvalue weighted by Crippen LogP contribution is -2.48. The molecule has 0 saturated carbocycles. The number of thiophene rings is 1. The summed E-state index contributed by atoms with van der Waals surface area (Å²) in [6.45, 7) is 1.58. The van der Waals surface area contributed by atoms with Crippen LogP contribution in [0.4, 0.5) is 0 Å². The fraction of sp³-hybridized carbons (Fsp3) is 0.649. The van der Waals surface area contributed by atoms with Crippen molar-refractivity contribution in [1.29, 1.82) is 0 Å². The van der Waals surface area contributed by atoms with Gasteiger partial charge in [0.2, 0.25) is 29.5 Å². The van der Waals surface area contributed by atoms with E-state index >= 15 is 0 Å². The number of nitrogens with two attached hydrogens (primary N) is 16. The normalized spacial score (nSPS) is 13.0. The standard InChI is InChI=1S/C74H130N30O11S/c75-29-6-5-16-46(62(76)110)42-57(107)53(23-13-36-98-72(85)86)103-65(113)49(19-11-34-96-70(81)82)44-59(109)55(25-15-38-100-74(89)90)104-66(114)50(20-12-35-97-71(83)84)43-58(108)54(24-14-37-99-73(87)88)102-64(112)48(18-10-33-95-69(79)80)41-52(106)22-3-1-7-30-92-63(111)47(17-9-32-94-68(77)78)40-51(105)21-4-2-8-31-93-67(115)61-27-26-60(116-61)56-28-39-91-45-101-56/h26-28,39,45-50,53-55H,1-25,29-38,40-44,75H2,(H2,76,110)(H,92,111)(H,93,115)(H,102,112)(H,103,113)(H,104,114)(H4,77,78,94)(H4,79,80,95)(H4,81,82,96)(H4,83,84,97)(H4,85,86,98)(H4,87,88,99)(H4,89,90,100)/t46-,47-,48-,49-,50-,53+,54+,55+/m0/s1. The van der Waals surface area contributed by atoms with Crippen LogP contribution < -0.4 is 118 Å². The number of hydrogen-bond acceptors (Lipinski definition) is 22. The van der Waals surface area contributed by atoms with Gasteiger partial charge in [0.25, 0.3) is 5.91 Å². The Balaban J connectivity index is 2.39. The molecule has 37 N–H and O–H groups in total. The number of Topliss-reactive ketones (excluding diaryl/α,β-unsaturated/α-hetero) is 5. The first-order valence-electron chi connectivity index (χ1n) is 39.6. The van der Waals surface area contributed by atoms with Gasteiger partial charge in [-0.3, -0.25) is 87.7 Å². The lowest BCUT2D eigenvalue weighted by atomic mass is 9.88. The Morgan fingerprint density at radius 1 is 0.353 bits per heavy atom. The van der Waals surface area contributed by atoms with Crippen molar-refractivity contribution in [3.05, 3.63) is 35.6 Å². The van der Waals surface area contributed by atoms with E-state index in [1.807, 2.05) is 6.07 Å². The minimum atomic E-state index is -1.34. The van der Waals surface area contributed by atoms with Crippen molar-refractivity contribution in [1.82, 2.24) is 36.6 Å². The molecule has 2 rings (SSSR count). The summed E-state index contributed by atoms with van der Waals surface area (Å²) in [5.74, 6) is -11.8. The third-order valence-corrected chi connectivity index (χ3v) is 19.8. The lowest BCUT2D eigenvalue weighted by molar-refractivity contribution is -0.136. The Hall–Kier alpha value is -11.2. The van der Waals surface area contributed by atoms with Crippen molar-refractivity contribution < 1.29 is 52.7 Å². The van der Waals surface area contributed by atoms with Gasteiger partial charge >= 0.3 is 0 Å². The Morgan fingerprint density at radius 2 is 0.690 bits per heavy atom. The molecular formula is C74H130N30O11S. The van der Waals surface area contributed by atoms with Crippen LogP contribution >= 0.6 is 11.3 Å². The number of ketones is 5. The first kappa shape index (κ1) is 101. The predicted octanol–water partition coefficient (Wildman–Crippen LogP) is -2.51. The predicted molar refractivity (Wildman–Crippen MR) is 450 cm³/mol. The van der Waals surface area contributed by atoms with Gasteiger partial charge in [-0.15, -0.1) is 11.3 Å². The van der Waals surface area contributed by atoms with Gasteiger partial charge in [-0.2, -0.15) is 0 Å². The number of amides is 6. The van der Waals surface area contributed by atoms with Crippen LogP contribution in [0, 0.1) is 29.6 Å². The third kappa shape index (κ3) is 47.5. The van der Waals surface area contributed by atoms with Crippen molar-refractivity contribution in [3.8, 4) is 10.6 Å². The number of carbonyl (C=O) groups excluding carboxylic acids is 11. The van der Waals surface area contributed by atoms with Gasteiger partial charge in [-0.1, -0.05) is 19.3 Å². The van der Waals surface area contributed by atoms with Crippen LogP contribution in [0.5, 0.6) is 0 Å². The van der Waals surface area contributed by atoms with Crippen molar-refractivity contribution in [3.63, 3.8) is 0 Å². The van der Waals surface area contributed by atoms with Crippen LogP contribution in [0.15, 0.2) is 65.7 Å². The second-order valence-electron chi connectivity index (χ2n) is 28.4. The minimum absolute atomic E-state index is 0.00526. The fourth-order valence-corrected chi connectivity index (χ4v) is 13.4. The molecule has 2 heterocycles. The van der Waals surface area contributed by atoms with E-state index in [2.05, 4.69) is 71.5 Å². The molecule has 0 bridgehead atoms. The van der Waals surface area contributed by atoms with Crippen LogP contribution in [0.3, 0.4) is 0 Å². The van der Waals surface area contributed by atoms with E-state index in [0.717, 1.165) is 10.6 Å². The number of aliphatic imine (C=N–C) groups is 7. The molecule has 0 radical (unpaired) electrons.